The third kappa shape index (κ3) is 5.98. The zero-order chi connectivity index (χ0) is 23.9. The van der Waals surface area contributed by atoms with E-state index in [1.54, 1.807) is 14.0 Å². The lowest BCUT2D eigenvalue weighted by Crippen LogP contribution is -2.35. The van der Waals surface area contributed by atoms with E-state index < -0.39 is 0 Å². The number of hydrogen-bond acceptors (Lipinski definition) is 4. The first kappa shape index (κ1) is 23.9. The molecule has 1 unspecified atom stereocenters. The van der Waals surface area contributed by atoms with Gasteiger partial charge in [-0.05, 0) is 60.9 Å². The van der Waals surface area contributed by atoms with Crippen molar-refractivity contribution in [2.75, 3.05) is 13.7 Å². The van der Waals surface area contributed by atoms with Crippen LogP contribution in [-0.4, -0.2) is 36.2 Å². The standard InChI is InChI=1S/C26H26ClN5OS/c1-18(28)29-26(31-34-23-14-12-22(33-2)13-15-23)32-17-16-24(19-6-4-3-5-7-19)25(30-32)20-8-10-21(27)11-9-20/h3-15,24H,16-17H2,1-2H3,(H2,28,29,31). The molecule has 0 fully saturated rings. The molecular weight excluding hydrogens is 466 g/mol. The molecular formula is C26H26ClN5OS. The number of halogens is 1. The van der Waals surface area contributed by atoms with Crippen molar-refractivity contribution in [2.45, 2.75) is 24.2 Å². The van der Waals surface area contributed by atoms with E-state index in [0.717, 1.165) is 28.3 Å². The van der Waals surface area contributed by atoms with Crippen LogP contribution in [-0.2, 0) is 0 Å². The summed E-state index contributed by atoms with van der Waals surface area (Å²) in [4.78, 5) is 5.45. The third-order valence-corrected chi connectivity index (χ3v) is 6.32. The van der Waals surface area contributed by atoms with Gasteiger partial charge in [0.15, 0.2) is 0 Å². The van der Waals surface area contributed by atoms with E-state index in [1.807, 2.05) is 59.6 Å². The fourth-order valence-corrected chi connectivity index (χ4v) is 4.39. The molecule has 1 atom stereocenters. The van der Waals surface area contributed by atoms with E-state index in [2.05, 4.69) is 33.7 Å². The Morgan fingerprint density at radius 1 is 1.06 bits per heavy atom. The highest BCUT2D eigenvalue weighted by Crippen LogP contribution is 2.31. The maximum absolute atomic E-state index is 6.15. The molecule has 34 heavy (non-hydrogen) atoms. The Kier molecular flexibility index (Phi) is 7.87. The zero-order valence-corrected chi connectivity index (χ0v) is 20.6. The summed E-state index contributed by atoms with van der Waals surface area (Å²) in [6, 6.07) is 25.9. The Morgan fingerprint density at radius 2 is 1.76 bits per heavy atom. The smallest absolute Gasteiger partial charge is 0.255 e. The van der Waals surface area contributed by atoms with Crippen LogP contribution >= 0.6 is 23.5 Å². The topological polar surface area (TPSA) is 75.6 Å². The molecule has 6 nitrogen and oxygen atoms in total. The molecule has 0 saturated carbocycles. The van der Waals surface area contributed by atoms with Crippen molar-refractivity contribution in [3.05, 3.63) is 95.0 Å². The van der Waals surface area contributed by atoms with Crippen LogP contribution < -0.4 is 10.5 Å². The largest absolute Gasteiger partial charge is 0.497 e. The second kappa shape index (κ2) is 11.2. The molecule has 0 radical (unpaired) electrons. The first-order valence-electron chi connectivity index (χ1n) is 10.9. The summed E-state index contributed by atoms with van der Waals surface area (Å²) in [5, 5.41) is 7.53. The molecule has 0 amide bonds. The Bertz CT molecular complexity index is 1190. The fraction of sp³-hybridized carbons (Fsp3) is 0.192. The maximum Gasteiger partial charge on any atom is 0.255 e. The Morgan fingerprint density at radius 3 is 2.41 bits per heavy atom. The number of nitrogens with zero attached hydrogens (tertiary/aromatic N) is 4. The van der Waals surface area contributed by atoms with Crippen LogP contribution in [0.25, 0.3) is 0 Å². The average molecular weight is 492 g/mol. The predicted octanol–water partition coefficient (Wildman–Crippen LogP) is 5.98. The molecule has 1 heterocycles. The van der Waals surface area contributed by atoms with Gasteiger partial charge in [0.25, 0.3) is 5.96 Å². The highest BCUT2D eigenvalue weighted by atomic mass is 35.5. The van der Waals surface area contributed by atoms with Crippen LogP contribution in [0, 0.1) is 0 Å². The first-order chi connectivity index (χ1) is 16.5. The van der Waals surface area contributed by atoms with Crippen LogP contribution in [0.3, 0.4) is 0 Å². The zero-order valence-electron chi connectivity index (χ0n) is 19.1. The number of guanidine groups is 1. The molecule has 3 aromatic carbocycles. The van der Waals surface area contributed by atoms with Crippen molar-refractivity contribution in [2.24, 2.45) is 20.2 Å². The maximum atomic E-state index is 6.15. The summed E-state index contributed by atoms with van der Waals surface area (Å²) in [7, 11) is 1.65. The normalized spacial score (nSPS) is 16.9. The minimum absolute atomic E-state index is 0.150. The Labute approximate surface area is 209 Å². The molecule has 1 aliphatic rings. The molecule has 2 N–H and O–H groups in total. The minimum Gasteiger partial charge on any atom is -0.497 e. The highest BCUT2D eigenvalue weighted by Gasteiger charge is 2.28. The second-order valence-electron chi connectivity index (χ2n) is 7.78. The van der Waals surface area contributed by atoms with Gasteiger partial charge in [0.05, 0.1) is 18.7 Å². The van der Waals surface area contributed by atoms with Crippen LogP contribution in [0.4, 0.5) is 0 Å². The molecule has 174 valence electrons. The molecule has 4 rings (SSSR count). The summed E-state index contributed by atoms with van der Waals surface area (Å²) in [5.41, 5.74) is 9.12. The van der Waals surface area contributed by atoms with Crippen LogP contribution in [0.15, 0.2) is 98.2 Å². The molecule has 0 spiro atoms. The number of ether oxygens (including phenoxy) is 1. The minimum atomic E-state index is 0.150. The van der Waals surface area contributed by atoms with E-state index in [1.165, 1.54) is 17.5 Å². The number of amidine groups is 1. The monoisotopic (exact) mass is 491 g/mol. The Balaban J connectivity index is 1.70. The Hall–Kier alpha value is -3.29. The SMILES string of the molecule is COc1ccc(S/N=C(/N=C(\C)N)N2CCC(c3ccccc3)C(c3ccc(Cl)cc3)=N2)cc1. The van der Waals surface area contributed by atoms with E-state index in [9.17, 15) is 0 Å². The summed E-state index contributed by atoms with van der Waals surface area (Å²) >= 11 is 7.47. The molecule has 0 aromatic heterocycles. The van der Waals surface area contributed by atoms with Gasteiger partial charge in [-0.1, -0.05) is 54.1 Å². The lowest BCUT2D eigenvalue weighted by atomic mass is 9.86. The molecule has 1 aliphatic heterocycles. The number of hydrogen-bond donors (Lipinski definition) is 1. The van der Waals surface area contributed by atoms with Crippen molar-refractivity contribution in [3.8, 4) is 5.75 Å². The summed E-state index contributed by atoms with van der Waals surface area (Å²) in [6.45, 7) is 2.41. The lowest BCUT2D eigenvalue weighted by molar-refractivity contribution is 0.400. The number of nitrogens with two attached hydrogens (primary N) is 1. The molecule has 8 heteroatoms. The van der Waals surface area contributed by atoms with Crippen molar-refractivity contribution in [1.29, 1.82) is 0 Å². The van der Waals surface area contributed by atoms with Crippen molar-refractivity contribution >= 4 is 41.1 Å². The third-order valence-electron chi connectivity index (χ3n) is 5.33. The van der Waals surface area contributed by atoms with E-state index in [-0.39, 0.29) is 5.92 Å². The average Bonchev–Trinajstić information content (AvgIpc) is 2.87. The lowest BCUT2D eigenvalue weighted by Gasteiger charge is -2.30. The molecule has 3 aromatic rings. The molecule has 0 bridgehead atoms. The number of aliphatic imine (C=N–C) groups is 1. The summed E-state index contributed by atoms with van der Waals surface area (Å²) in [5.74, 6) is 1.82. The van der Waals surface area contributed by atoms with E-state index in [0.29, 0.717) is 23.4 Å². The highest BCUT2D eigenvalue weighted by molar-refractivity contribution is 7.98. The van der Waals surface area contributed by atoms with E-state index >= 15 is 0 Å². The number of methoxy groups -OCH3 is 1. The van der Waals surface area contributed by atoms with Gasteiger partial charge in [-0.3, -0.25) is 0 Å². The summed E-state index contributed by atoms with van der Waals surface area (Å²) in [6.07, 6.45) is 0.858. The quantitative estimate of drug-likeness (QED) is 0.270. The van der Waals surface area contributed by atoms with Crippen molar-refractivity contribution < 1.29 is 4.74 Å². The first-order valence-corrected chi connectivity index (χ1v) is 12.1. The van der Waals surface area contributed by atoms with Crippen LogP contribution in [0.2, 0.25) is 5.02 Å². The van der Waals surface area contributed by atoms with Gasteiger partial charge < -0.3 is 10.5 Å². The second-order valence-corrected chi connectivity index (χ2v) is 9.05. The van der Waals surface area contributed by atoms with Crippen molar-refractivity contribution in [1.82, 2.24) is 5.01 Å². The van der Waals surface area contributed by atoms with Gasteiger partial charge >= 0.3 is 0 Å². The van der Waals surface area contributed by atoms with E-state index in [4.69, 9.17) is 27.2 Å². The number of hydrazone groups is 1. The van der Waals surface area contributed by atoms with Gasteiger partial charge in [0, 0.05) is 34.3 Å². The van der Waals surface area contributed by atoms with Crippen molar-refractivity contribution in [3.63, 3.8) is 0 Å². The van der Waals surface area contributed by atoms with Gasteiger partial charge in [-0.2, -0.15) is 14.5 Å². The molecule has 0 aliphatic carbocycles. The van der Waals surface area contributed by atoms with Gasteiger partial charge in [0.2, 0.25) is 0 Å². The fourth-order valence-electron chi connectivity index (χ4n) is 3.69. The van der Waals surface area contributed by atoms with Crippen LogP contribution in [0.5, 0.6) is 5.75 Å². The number of rotatable bonds is 5. The summed E-state index contributed by atoms with van der Waals surface area (Å²) < 4.78 is 9.91. The van der Waals surface area contributed by atoms with Gasteiger partial charge in [0.1, 0.15) is 5.75 Å². The van der Waals surface area contributed by atoms with Gasteiger partial charge in [-0.15, -0.1) is 0 Å². The number of benzene rings is 3. The predicted molar refractivity (Wildman–Crippen MR) is 142 cm³/mol. The molecule has 0 saturated heterocycles. The van der Waals surface area contributed by atoms with Crippen LogP contribution in [0.1, 0.15) is 30.4 Å². The van der Waals surface area contributed by atoms with Gasteiger partial charge in [-0.25, -0.2) is 5.01 Å².